The van der Waals surface area contributed by atoms with Crippen molar-refractivity contribution >= 4 is 39.1 Å². The third-order valence-corrected chi connectivity index (χ3v) is 4.94. The highest BCUT2D eigenvalue weighted by Crippen LogP contribution is 2.32. The lowest BCUT2D eigenvalue weighted by atomic mass is 10.1. The molecule has 5 heteroatoms. The quantitative estimate of drug-likeness (QED) is 0.800. The van der Waals surface area contributed by atoms with Crippen LogP contribution in [0.25, 0.3) is 0 Å². The zero-order chi connectivity index (χ0) is 17.1. The van der Waals surface area contributed by atoms with Crippen molar-refractivity contribution in [2.45, 2.75) is 13.3 Å². The molecule has 0 saturated carbocycles. The van der Waals surface area contributed by atoms with E-state index in [-0.39, 0.29) is 24.2 Å². The van der Waals surface area contributed by atoms with Crippen molar-refractivity contribution < 1.29 is 9.59 Å². The molecule has 0 N–H and O–H groups in total. The van der Waals surface area contributed by atoms with Gasteiger partial charge in [0.2, 0.25) is 11.8 Å². The van der Waals surface area contributed by atoms with Crippen LogP contribution in [0.4, 0.5) is 11.4 Å². The number of para-hydroxylation sites is 2. The van der Waals surface area contributed by atoms with Crippen molar-refractivity contribution in [3.05, 3.63) is 59.1 Å². The fourth-order valence-corrected chi connectivity index (χ4v) is 3.57. The first-order valence-corrected chi connectivity index (χ1v) is 8.82. The van der Waals surface area contributed by atoms with Crippen LogP contribution in [0.2, 0.25) is 0 Å². The van der Waals surface area contributed by atoms with Crippen LogP contribution in [-0.2, 0) is 9.59 Å². The molecule has 4 nitrogen and oxygen atoms in total. The SMILES string of the molecule is CCN(C(=O)C1CC(=O)N(c2ccccc2Br)C1)c1ccccc1. The van der Waals surface area contributed by atoms with Crippen molar-refractivity contribution in [3.63, 3.8) is 0 Å². The predicted octanol–water partition coefficient (Wildman–Crippen LogP) is 3.86. The number of hydrogen-bond acceptors (Lipinski definition) is 2. The number of rotatable bonds is 4. The van der Waals surface area contributed by atoms with Gasteiger partial charge in [0.15, 0.2) is 0 Å². The molecule has 1 fully saturated rings. The van der Waals surface area contributed by atoms with Crippen LogP contribution >= 0.6 is 15.9 Å². The molecule has 1 aliphatic rings. The fourth-order valence-electron chi connectivity index (χ4n) is 3.07. The minimum absolute atomic E-state index is 0.00611. The fraction of sp³-hybridized carbons (Fsp3) is 0.263. The van der Waals surface area contributed by atoms with E-state index < -0.39 is 0 Å². The van der Waals surface area contributed by atoms with Crippen LogP contribution in [-0.4, -0.2) is 24.9 Å². The summed E-state index contributed by atoms with van der Waals surface area (Å²) in [7, 11) is 0. The number of nitrogens with zero attached hydrogens (tertiary/aromatic N) is 2. The summed E-state index contributed by atoms with van der Waals surface area (Å²) in [6, 6.07) is 17.2. The molecule has 0 aliphatic carbocycles. The second kappa shape index (κ2) is 7.18. The predicted molar refractivity (Wildman–Crippen MR) is 99.1 cm³/mol. The molecule has 1 heterocycles. The van der Waals surface area contributed by atoms with E-state index >= 15 is 0 Å². The van der Waals surface area contributed by atoms with E-state index in [2.05, 4.69) is 15.9 Å². The molecule has 3 rings (SSSR count). The van der Waals surface area contributed by atoms with E-state index in [1.54, 1.807) is 9.80 Å². The lowest BCUT2D eigenvalue weighted by Crippen LogP contribution is -2.37. The van der Waals surface area contributed by atoms with E-state index in [0.29, 0.717) is 13.1 Å². The van der Waals surface area contributed by atoms with E-state index in [1.807, 2.05) is 61.5 Å². The van der Waals surface area contributed by atoms with E-state index in [9.17, 15) is 9.59 Å². The Bertz CT molecular complexity index is 748. The Labute approximate surface area is 150 Å². The van der Waals surface area contributed by atoms with E-state index in [4.69, 9.17) is 0 Å². The molecule has 1 atom stereocenters. The molecular weight excluding hydrogens is 368 g/mol. The second-order valence-electron chi connectivity index (χ2n) is 5.77. The molecule has 0 bridgehead atoms. The van der Waals surface area contributed by atoms with Crippen molar-refractivity contribution in [2.24, 2.45) is 5.92 Å². The molecule has 124 valence electrons. The van der Waals surface area contributed by atoms with Crippen molar-refractivity contribution in [2.75, 3.05) is 22.9 Å². The first kappa shape index (κ1) is 16.7. The van der Waals surface area contributed by atoms with Gasteiger partial charge in [0, 0.05) is 29.7 Å². The van der Waals surface area contributed by atoms with Gasteiger partial charge in [-0.1, -0.05) is 30.3 Å². The molecule has 1 saturated heterocycles. The Morgan fingerprint density at radius 3 is 2.50 bits per heavy atom. The average molecular weight is 387 g/mol. The number of carbonyl (C=O) groups is 2. The molecule has 0 radical (unpaired) electrons. The highest BCUT2D eigenvalue weighted by atomic mass is 79.9. The normalized spacial score (nSPS) is 17.2. The van der Waals surface area contributed by atoms with Gasteiger partial charge < -0.3 is 9.80 Å². The molecule has 0 aromatic heterocycles. The monoisotopic (exact) mass is 386 g/mol. The van der Waals surface area contributed by atoms with E-state index in [0.717, 1.165) is 15.8 Å². The molecule has 2 aromatic carbocycles. The zero-order valence-corrected chi connectivity index (χ0v) is 15.1. The van der Waals surface area contributed by atoms with Gasteiger partial charge in [-0.15, -0.1) is 0 Å². The smallest absolute Gasteiger partial charge is 0.232 e. The van der Waals surface area contributed by atoms with Gasteiger partial charge in [0.1, 0.15) is 0 Å². The molecule has 0 spiro atoms. The lowest BCUT2D eigenvalue weighted by Gasteiger charge is -2.24. The summed E-state index contributed by atoms with van der Waals surface area (Å²) < 4.78 is 0.863. The summed E-state index contributed by atoms with van der Waals surface area (Å²) in [5, 5.41) is 0. The third-order valence-electron chi connectivity index (χ3n) is 4.27. The highest BCUT2D eigenvalue weighted by Gasteiger charge is 2.37. The Morgan fingerprint density at radius 1 is 1.17 bits per heavy atom. The van der Waals surface area contributed by atoms with Crippen LogP contribution in [0.3, 0.4) is 0 Å². The number of halogens is 1. The topological polar surface area (TPSA) is 40.6 Å². The van der Waals surface area contributed by atoms with Crippen molar-refractivity contribution in [1.82, 2.24) is 0 Å². The van der Waals surface area contributed by atoms with Gasteiger partial charge in [0.05, 0.1) is 11.6 Å². The molecule has 1 unspecified atom stereocenters. The van der Waals surface area contributed by atoms with Gasteiger partial charge in [0.25, 0.3) is 0 Å². The molecule has 24 heavy (non-hydrogen) atoms. The van der Waals surface area contributed by atoms with Crippen molar-refractivity contribution in [1.29, 1.82) is 0 Å². The lowest BCUT2D eigenvalue weighted by molar-refractivity contribution is -0.124. The highest BCUT2D eigenvalue weighted by molar-refractivity contribution is 9.10. The number of benzene rings is 2. The Hall–Kier alpha value is -2.14. The summed E-state index contributed by atoms with van der Waals surface area (Å²) in [4.78, 5) is 28.8. The molecular formula is C19H19BrN2O2. The molecule has 1 aliphatic heterocycles. The minimum atomic E-state index is -0.315. The van der Waals surface area contributed by atoms with Gasteiger partial charge in [-0.05, 0) is 47.1 Å². The van der Waals surface area contributed by atoms with Crippen molar-refractivity contribution in [3.8, 4) is 0 Å². The maximum absolute atomic E-state index is 12.9. The maximum atomic E-state index is 12.9. The largest absolute Gasteiger partial charge is 0.312 e. The zero-order valence-electron chi connectivity index (χ0n) is 13.5. The first-order valence-electron chi connectivity index (χ1n) is 8.03. The van der Waals surface area contributed by atoms with Crippen LogP contribution in [0, 0.1) is 5.92 Å². The Morgan fingerprint density at radius 2 is 1.83 bits per heavy atom. The second-order valence-corrected chi connectivity index (χ2v) is 6.63. The Balaban J connectivity index is 1.80. The Kier molecular flexibility index (Phi) is 5.00. The van der Waals surface area contributed by atoms with E-state index in [1.165, 1.54) is 0 Å². The number of hydrogen-bond donors (Lipinski definition) is 0. The van der Waals surface area contributed by atoms with Crippen LogP contribution in [0.15, 0.2) is 59.1 Å². The summed E-state index contributed by atoms with van der Waals surface area (Å²) in [5.41, 5.74) is 1.69. The number of carbonyl (C=O) groups excluding carboxylic acids is 2. The molecule has 2 amide bonds. The van der Waals surface area contributed by atoms with Crippen LogP contribution in [0.5, 0.6) is 0 Å². The third kappa shape index (κ3) is 3.22. The summed E-state index contributed by atoms with van der Waals surface area (Å²) >= 11 is 3.48. The van der Waals surface area contributed by atoms with Crippen LogP contribution < -0.4 is 9.80 Å². The van der Waals surface area contributed by atoms with Gasteiger partial charge >= 0.3 is 0 Å². The summed E-state index contributed by atoms with van der Waals surface area (Å²) in [6.07, 6.45) is 0.253. The number of anilines is 2. The maximum Gasteiger partial charge on any atom is 0.232 e. The number of amides is 2. The van der Waals surface area contributed by atoms with Gasteiger partial charge in [-0.2, -0.15) is 0 Å². The average Bonchev–Trinajstić information content (AvgIpc) is 2.98. The summed E-state index contributed by atoms with van der Waals surface area (Å²) in [6.45, 7) is 2.96. The summed E-state index contributed by atoms with van der Waals surface area (Å²) in [5.74, 6) is -0.319. The standard InChI is InChI=1S/C19H19BrN2O2/c1-2-21(15-8-4-3-5-9-15)19(24)14-12-18(23)22(13-14)17-11-7-6-10-16(17)20/h3-11,14H,2,12-13H2,1H3. The van der Waals surface area contributed by atoms with Gasteiger partial charge in [-0.25, -0.2) is 0 Å². The molecule has 2 aromatic rings. The van der Waals surface area contributed by atoms with Gasteiger partial charge in [-0.3, -0.25) is 9.59 Å². The minimum Gasteiger partial charge on any atom is -0.312 e. The van der Waals surface area contributed by atoms with Crippen LogP contribution in [0.1, 0.15) is 13.3 Å². The first-order chi connectivity index (χ1) is 11.6.